The Morgan fingerprint density at radius 3 is 2.86 bits per heavy atom. The quantitative estimate of drug-likeness (QED) is 0.838. The first-order valence-electron chi connectivity index (χ1n) is 7.95. The van der Waals surface area contributed by atoms with Gasteiger partial charge in [0.1, 0.15) is 0 Å². The number of nitrogens with two attached hydrogens (primary N) is 1. The van der Waals surface area contributed by atoms with Crippen molar-refractivity contribution in [2.45, 2.75) is 32.6 Å². The Hall–Kier alpha value is -1.88. The number of anilines is 1. The normalized spacial score (nSPS) is 19.3. The van der Waals surface area contributed by atoms with E-state index in [1.54, 1.807) is 4.90 Å². The first-order valence-corrected chi connectivity index (χ1v) is 7.95. The average Bonchev–Trinajstić information content (AvgIpc) is 2.93. The Morgan fingerprint density at radius 1 is 1.45 bits per heavy atom. The van der Waals surface area contributed by atoms with Crippen molar-refractivity contribution in [1.29, 1.82) is 0 Å². The second-order valence-corrected chi connectivity index (χ2v) is 5.85. The van der Waals surface area contributed by atoms with E-state index in [1.807, 2.05) is 18.2 Å². The highest BCUT2D eigenvalue weighted by Gasteiger charge is 2.35. The summed E-state index contributed by atoms with van der Waals surface area (Å²) in [5.41, 5.74) is 7.51. The van der Waals surface area contributed by atoms with Crippen LogP contribution in [0.1, 0.15) is 38.2 Å². The van der Waals surface area contributed by atoms with Gasteiger partial charge < -0.3 is 16.0 Å². The van der Waals surface area contributed by atoms with Gasteiger partial charge in [-0.1, -0.05) is 32.0 Å². The van der Waals surface area contributed by atoms with E-state index in [1.165, 1.54) is 5.56 Å². The van der Waals surface area contributed by atoms with E-state index in [0.717, 1.165) is 12.1 Å². The minimum absolute atomic E-state index is 0.0173. The van der Waals surface area contributed by atoms with Crippen molar-refractivity contribution in [3.8, 4) is 0 Å². The number of benzene rings is 1. The summed E-state index contributed by atoms with van der Waals surface area (Å²) >= 11 is 0. The highest BCUT2D eigenvalue weighted by atomic mass is 16.2. The molecule has 1 aromatic carbocycles. The van der Waals surface area contributed by atoms with Gasteiger partial charge in [-0.3, -0.25) is 9.59 Å². The molecule has 2 amide bonds. The minimum Gasteiger partial charge on any atom is -0.355 e. The van der Waals surface area contributed by atoms with Crippen molar-refractivity contribution in [1.82, 2.24) is 5.32 Å². The van der Waals surface area contributed by atoms with E-state index in [4.69, 9.17) is 5.73 Å². The van der Waals surface area contributed by atoms with Crippen LogP contribution in [0.15, 0.2) is 24.3 Å². The number of carbonyl (C=O) groups excluding carboxylic acids is 2. The van der Waals surface area contributed by atoms with Gasteiger partial charge in [0, 0.05) is 31.7 Å². The molecule has 3 N–H and O–H groups in total. The average molecular weight is 303 g/mol. The molecule has 2 atom stereocenters. The van der Waals surface area contributed by atoms with Gasteiger partial charge in [0.05, 0.1) is 5.92 Å². The van der Waals surface area contributed by atoms with Crippen molar-refractivity contribution in [3.63, 3.8) is 0 Å². The fourth-order valence-corrected chi connectivity index (χ4v) is 2.83. The Bertz CT molecular complexity index is 544. The number of nitrogens with zero attached hydrogens (tertiary/aromatic N) is 1. The standard InChI is InChI=1S/C17H25N3O2/c1-3-12(2)14-6-4-5-7-15(14)20-11-13(10-16(20)21)17(22)19-9-8-18/h4-7,12-13H,3,8-11,18H2,1-2H3,(H,19,22). The van der Waals surface area contributed by atoms with Crippen molar-refractivity contribution in [2.24, 2.45) is 11.7 Å². The van der Waals surface area contributed by atoms with Crippen LogP contribution < -0.4 is 16.0 Å². The van der Waals surface area contributed by atoms with Crippen molar-refractivity contribution < 1.29 is 9.59 Å². The van der Waals surface area contributed by atoms with Crippen LogP contribution in [0.4, 0.5) is 5.69 Å². The molecule has 1 aliphatic rings. The second-order valence-electron chi connectivity index (χ2n) is 5.85. The zero-order valence-electron chi connectivity index (χ0n) is 13.3. The summed E-state index contributed by atoms with van der Waals surface area (Å²) in [4.78, 5) is 26.2. The van der Waals surface area contributed by atoms with Crippen LogP contribution in [0.3, 0.4) is 0 Å². The number of hydrogen-bond donors (Lipinski definition) is 2. The monoisotopic (exact) mass is 303 g/mol. The third kappa shape index (κ3) is 3.47. The second kappa shape index (κ2) is 7.40. The summed E-state index contributed by atoms with van der Waals surface area (Å²) in [5, 5.41) is 2.77. The molecular weight excluding hydrogens is 278 g/mol. The Kier molecular flexibility index (Phi) is 5.55. The topological polar surface area (TPSA) is 75.4 Å². The summed E-state index contributed by atoms with van der Waals surface area (Å²) in [6, 6.07) is 7.98. The predicted octanol–water partition coefficient (Wildman–Crippen LogP) is 1.63. The molecular formula is C17H25N3O2. The molecule has 1 aliphatic heterocycles. The van der Waals surface area contributed by atoms with Crippen LogP contribution in [0.25, 0.3) is 0 Å². The number of hydrogen-bond acceptors (Lipinski definition) is 3. The number of para-hydroxylation sites is 1. The van der Waals surface area contributed by atoms with Gasteiger partial charge in [0.25, 0.3) is 0 Å². The lowest BCUT2D eigenvalue weighted by Crippen LogP contribution is -2.35. The lowest BCUT2D eigenvalue weighted by atomic mass is 9.96. The summed E-state index contributed by atoms with van der Waals surface area (Å²) in [6.07, 6.45) is 1.28. The molecule has 1 saturated heterocycles. The third-order valence-corrected chi connectivity index (χ3v) is 4.31. The molecule has 5 nitrogen and oxygen atoms in total. The molecule has 0 bridgehead atoms. The highest BCUT2D eigenvalue weighted by Crippen LogP contribution is 2.33. The van der Waals surface area contributed by atoms with Crippen molar-refractivity contribution in [3.05, 3.63) is 29.8 Å². The number of rotatable bonds is 6. The van der Waals surface area contributed by atoms with Gasteiger partial charge in [-0.25, -0.2) is 0 Å². The van der Waals surface area contributed by atoms with Crippen LogP contribution in [0, 0.1) is 5.92 Å². The van der Waals surface area contributed by atoms with Crippen molar-refractivity contribution >= 4 is 17.5 Å². The van der Waals surface area contributed by atoms with Crippen LogP contribution >= 0.6 is 0 Å². The van der Waals surface area contributed by atoms with E-state index < -0.39 is 0 Å². The van der Waals surface area contributed by atoms with Crippen LogP contribution in [0.5, 0.6) is 0 Å². The molecule has 0 aliphatic carbocycles. The summed E-state index contributed by atoms with van der Waals surface area (Å²) in [5.74, 6) is 0.0316. The van der Waals surface area contributed by atoms with Gasteiger partial charge in [0.15, 0.2) is 0 Å². The van der Waals surface area contributed by atoms with E-state index in [2.05, 4.69) is 25.2 Å². The number of carbonyl (C=O) groups is 2. The first kappa shape index (κ1) is 16.5. The first-order chi connectivity index (χ1) is 10.6. The van der Waals surface area contributed by atoms with Crippen molar-refractivity contribution in [2.75, 3.05) is 24.5 Å². The van der Waals surface area contributed by atoms with E-state index in [9.17, 15) is 9.59 Å². The lowest BCUT2D eigenvalue weighted by Gasteiger charge is -2.23. The maximum Gasteiger partial charge on any atom is 0.227 e. The zero-order chi connectivity index (χ0) is 16.1. The molecule has 0 saturated carbocycles. The Labute approximate surface area is 131 Å². The molecule has 0 radical (unpaired) electrons. The SMILES string of the molecule is CCC(C)c1ccccc1N1CC(C(=O)NCCN)CC1=O. The maximum absolute atomic E-state index is 12.3. The molecule has 2 rings (SSSR count). The Balaban J connectivity index is 2.17. The molecule has 1 fully saturated rings. The summed E-state index contributed by atoms with van der Waals surface area (Å²) in [7, 11) is 0. The number of nitrogens with one attached hydrogen (secondary N) is 1. The van der Waals surface area contributed by atoms with E-state index in [0.29, 0.717) is 25.6 Å². The fourth-order valence-electron chi connectivity index (χ4n) is 2.83. The third-order valence-electron chi connectivity index (χ3n) is 4.31. The van der Waals surface area contributed by atoms with E-state index in [-0.39, 0.29) is 24.2 Å². The van der Waals surface area contributed by atoms with Gasteiger partial charge in [0.2, 0.25) is 11.8 Å². The van der Waals surface area contributed by atoms with E-state index >= 15 is 0 Å². The minimum atomic E-state index is -0.288. The molecule has 1 aromatic rings. The molecule has 5 heteroatoms. The molecule has 22 heavy (non-hydrogen) atoms. The highest BCUT2D eigenvalue weighted by molar-refractivity contribution is 6.00. The summed E-state index contributed by atoms with van der Waals surface area (Å²) < 4.78 is 0. The largest absolute Gasteiger partial charge is 0.355 e. The van der Waals surface area contributed by atoms with Crippen LogP contribution in [-0.4, -0.2) is 31.4 Å². The van der Waals surface area contributed by atoms with Gasteiger partial charge in [-0.2, -0.15) is 0 Å². The van der Waals surface area contributed by atoms with Gasteiger partial charge in [-0.15, -0.1) is 0 Å². The van der Waals surface area contributed by atoms with Crippen LogP contribution in [0.2, 0.25) is 0 Å². The molecule has 120 valence electrons. The molecule has 0 aromatic heterocycles. The van der Waals surface area contributed by atoms with Gasteiger partial charge in [-0.05, 0) is 24.0 Å². The van der Waals surface area contributed by atoms with Gasteiger partial charge >= 0.3 is 0 Å². The predicted molar refractivity (Wildman–Crippen MR) is 87.7 cm³/mol. The molecule has 2 unspecified atom stereocenters. The Morgan fingerprint density at radius 2 is 2.18 bits per heavy atom. The lowest BCUT2D eigenvalue weighted by molar-refractivity contribution is -0.126. The smallest absolute Gasteiger partial charge is 0.227 e. The van der Waals surface area contributed by atoms with Crippen LogP contribution in [-0.2, 0) is 9.59 Å². The number of amides is 2. The summed E-state index contributed by atoms with van der Waals surface area (Å²) in [6.45, 7) is 5.60. The zero-order valence-corrected chi connectivity index (χ0v) is 13.3. The molecule has 1 heterocycles. The maximum atomic E-state index is 12.3. The fraction of sp³-hybridized carbons (Fsp3) is 0.529. The molecule has 0 spiro atoms.